The van der Waals surface area contributed by atoms with Crippen molar-refractivity contribution in [2.45, 2.75) is 69.4 Å². The predicted molar refractivity (Wildman–Crippen MR) is 163 cm³/mol. The third kappa shape index (κ3) is 9.74. The fourth-order valence-corrected chi connectivity index (χ4v) is 5.23. The molecule has 1 unspecified atom stereocenters. The maximum atomic E-state index is 14.2. The van der Waals surface area contributed by atoms with E-state index in [2.05, 4.69) is 20.6 Å². The molecule has 3 aromatic rings. The lowest BCUT2D eigenvalue weighted by molar-refractivity contribution is -0.141. The van der Waals surface area contributed by atoms with E-state index in [1.165, 1.54) is 6.33 Å². The van der Waals surface area contributed by atoms with E-state index in [1.807, 2.05) is 60.7 Å². The lowest BCUT2D eigenvalue weighted by Gasteiger charge is -2.29. The molecular formula is C32H43N7O4. The summed E-state index contributed by atoms with van der Waals surface area (Å²) < 4.78 is 6.18. The van der Waals surface area contributed by atoms with Crippen molar-refractivity contribution in [2.75, 3.05) is 19.6 Å². The summed E-state index contributed by atoms with van der Waals surface area (Å²) in [6.07, 6.45) is 6.26. The van der Waals surface area contributed by atoms with Gasteiger partial charge in [0.25, 0.3) is 0 Å². The van der Waals surface area contributed by atoms with Crippen molar-refractivity contribution in [3.63, 3.8) is 0 Å². The van der Waals surface area contributed by atoms with E-state index in [-0.39, 0.29) is 37.3 Å². The van der Waals surface area contributed by atoms with Gasteiger partial charge in [0.1, 0.15) is 12.1 Å². The molecule has 0 aliphatic carbocycles. The molecule has 11 nitrogen and oxygen atoms in total. The van der Waals surface area contributed by atoms with Crippen LogP contribution in [0.5, 0.6) is 0 Å². The molecule has 0 spiro atoms. The highest BCUT2D eigenvalue weighted by molar-refractivity contribution is 5.93. The molecule has 2 aromatic carbocycles. The monoisotopic (exact) mass is 589 g/mol. The summed E-state index contributed by atoms with van der Waals surface area (Å²) >= 11 is 0. The third-order valence-electron chi connectivity index (χ3n) is 7.59. The normalized spacial score (nSPS) is 17.8. The number of aromatic amines is 1. The van der Waals surface area contributed by atoms with E-state index in [0.717, 1.165) is 36.1 Å². The molecule has 2 heterocycles. The number of nitrogens with one attached hydrogen (secondary N) is 3. The van der Waals surface area contributed by atoms with E-state index in [4.69, 9.17) is 16.2 Å². The predicted octanol–water partition coefficient (Wildman–Crippen LogP) is 1.44. The summed E-state index contributed by atoms with van der Waals surface area (Å²) in [5, 5.41) is 5.87. The molecule has 7 N–H and O–H groups in total. The summed E-state index contributed by atoms with van der Waals surface area (Å²) in [6, 6.07) is 16.7. The van der Waals surface area contributed by atoms with Gasteiger partial charge in [0, 0.05) is 44.2 Å². The number of imidazole rings is 1. The number of ether oxygens (including phenoxy) is 1. The van der Waals surface area contributed by atoms with Crippen LogP contribution in [-0.2, 0) is 38.6 Å². The Hall–Kier alpha value is -4.06. The molecule has 230 valence electrons. The summed E-state index contributed by atoms with van der Waals surface area (Å²) in [5.41, 5.74) is 14.4. The number of H-pyrrole nitrogens is 1. The van der Waals surface area contributed by atoms with Crippen LogP contribution in [0.25, 0.3) is 0 Å². The smallest absolute Gasteiger partial charge is 0.246 e. The largest absolute Gasteiger partial charge is 0.372 e. The van der Waals surface area contributed by atoms with E-state index in [1.54, 1.807) is 11.1 Å². The van der Waals surface area contributed by atoms with Crippen LogP contribution in [-0.4, -0.2) is 76.5 Å². The van der Waals surface area contributed by atoms with Crippen LogP contribution in [0.1, 0.15) is 42.5 Å². The molecule has 0 saturated carbocycles. The number of hydrogen-bond donors (Lipinski definition) is 5. The summed E-state index contributed by atoms with van der Waals surface area (Å²) in [7, 11) is 0. The molecule has 0 bridgehead atoms. The number of benzene rings is 2. The highest BCUT2D eigenvalue weighted by atomic mass is 16.5. The number of likely N-dealkylation sites (tertiary alicyclic amines) is 1. The number of carbonyl (C=O) groups is 3. The van der Waals surface area contributed by atoms with Crippen LogP contribution < -0.4 is 22.1 Å². The molecule has 43 heavy (non-hydrogen) atoms. The average molecular weight is 590 g/mol. The Morgan fingerprint density at radius 2 is 1.72 bits per heavy atom. The van der Waals surface area contributed by atoms with Crippen molar-refractivity contribution in [3.05, 3.63) is 90.0 Å². The lowest BCUT2D eigenvalue weighted by Crippen LogP contribution is -2.56. The molecule has 1 aliphatic heterocycles. The minimum absolute atomic E-state index is 0.229. The van der Waals surface area contributed by atoms with Crippen molar-refractivity contribution in [1.82, 2.24) is 25.5 Å². The van der Waals surface area contributed by atoms with Gasteiger partial charge in [-0.25, -0.2) is 4.98 Å². The van der Waals surface area contributed by atoms with E-state index < -0.39 is 24.0 Å². The van der Waals surface area contributed by atoms with Crippen LogP contribution in [0, 0.1) is 0 Å². The van der Waals surface area contributed by atoms with Crippen LogP contribution in [0.4, 0.5) is 0 Å². The Balaban J connectivity index is 1.49. The molecule has 4 atom stereocenters. The average Bonchev–Trinajstić information content (AvgIpc) is 3.70. The SMILES string of the molecule is NCCCCCNC(=O)C1C[C@H](OCc2ccccc2)CN1C(=O)[C@@H](Cc1ccccc1)NC(=O)[C@@H](N)Cc1cnc[nH]1. The maximum absolute atomic E-state index is 14.2. The summed E-state index contributed by atoms with van der Waals surface area (Å²) in [6.45, 7) is 1.71. The van der Waals surface area contributed by atoms with Gasteiger partial charge in [0.15, 0.2) is 0 Å². The number of amides is 3. The number of nitrogens with two attached hydrogens (primary N) is 2. The fourth-order valence-electron chi connectivity index (χ4n) is 5.23. The molecule has 4 rings (SSSR count). The molecule has 1 aliphatic rings. The van der Waals surface area contributed by atoms with Crippen LogP contribution in [0.15, 0.2) is 73.2 Å². The van der Waals surface area contributed by atoms with Crippen molar-refractivity contribution in [2.24, 2.45) is 11.5 Å². The zero-order valence-corrected chi connectivity index (χ0v) is 24.5. The fraction of sp³-hybridized carbons (Fsp3) is 0.438. The van der Waals surface area contributed by atoms with Crippen LogP contribution in [0.2, 0.25) is 0 Å². The second-order valence-corrected chi connectivity index (χ2v) is 10.9. The van der Waals surface area contributed by atoms with Gasteiger partial charge >= 0.3 is 0 Å². The zero-order chi connectivity index (χ0) is 30.4. The molecule has 3 amide bonds. The Kier molecular flexibility index (Phi) is 12.3. The standard InChI is InChI=1S/C32H43N7O4/c33-14-8-3-9-15-36-31(41)29-18-26(43-21-24-12-6-2-7-13-24)20-39(29)32(42)28(16-23-10-4-1-5-11-23)38-30(40)27(34)17-25-19-35-22-37-25/h1-2,4-7,10-13,19,22,26-29H,3,8-9,14-18,20-21,33-34H2,(H,35,37)(H,36,41)(H,38,40)/t26-,27-,28+,29?/m0/s1. The minimum Gasteiger partial charge on any atom is -0.372 e. The first-order chi connectivity index (χ1) is 20.9. The first kappa shape index (κ1) is 31.9. The molecule has 0 radical (unpaired) electrons. The Morgan fingerprint density at radius 3 is 2.40 bits per heavy atom. The highest BCUT2D eigenvalue weighted by Crippen LogP contribution is 2.24. The van der Waals surface area contributed by atoms with E-state index >= 15 is 0 Å². The van der Waals surface area contributed by atoms with Crippen molar-refractivity contribution < 1.29 is 19.1 Å². The Labute approximate surface area is 252 Å². The number of unbranched alkanes of at least 4 members (excludes halogenated alkanes) is 2. The van der Waals surface area contributed by atoms with Gasteiger partial charge in [-0.3, -0.25) is 14.4 Å². The van der Waals surface area contributed by atoms with E-state index in [9.17, 15) is 14.4 Å². The van der Waals surface area contributed by atoms with Gasteiger partial charge in [0.2, 0.25) is 17.7 Å². The van der Waals surface area contributed by atoms with Crippen molar-refractivity contribution in [1.29, 1.82) is 0 Å². The number of hydrogen-bond acceptors (Lipinski definition) is 7. The van der Waals surface area contributed by atoms with Crippen LogP contribution >= 0.6 is 0 Å². The third-order valence-corrected chi connectivity index (χ3v) is 7.59. The first-order valence-corrected chi connectivity index (χ1v) is 15.0. The van der Waals surface area contributed by atoms with Gasteiger partial charge < -0.3 is 36.7 Å². The molecule has 11 heteroatoms. The van der Waals surface area contributed by atoms with Crippen molar-refractivity contribution >= 4 is 17.7 Å². The maximum Gasteiger partial charge on any atom is 0.246 e. The number of rotatable bonds is 16. The lowest BCUT2D eigenvalue weighted by atomic mass is 10.0. The van der Waals surface area contributed by atoms with Crippen LogP contribution in [0.3, 0.4) is 0 Å². The Morgan fingerprint density at radius 1 is 1.00 bits per heavy atom. The van der Waals surface area contributed by atoms with Gasteiger partial charge in [0.05, 0.1) is 25.1 Å². The summed E-state index contributed by atoms with van der Waals surface area (Å²) in [4.78, 5) is 49.3. The Bertz CT molecular complexity index is 1270. The van der Waals surface area contributed by atoms with Gasteiger partial charge in [-0.1, -0.05) is 67.1 Å². The number of aromatic nitrogens is 2. The zero-order valence-electron chi connectivity index (χ0n) is 24.5. The van der Waals surface area contributed by atoms with Gasteiger partial charge in [-0.15, -0.1) is 0 Å². The minimum atomic E-state index is -0.921. The van der Waals surface area contributed by atoms with Gasteiger partial charge in [-0.05, 0) is 30.5 Å². The second kappa shape index (κ2) is 16.5. The van der Waals surface area contributed by atoms with E-state index in [0.29, 0.717) is 26.1 Å². The molecular weight excluding hydrogens is 546 g/mol. The molecule has 1 fully saturated rings. The quantitative estimate of drug-likeness (QED) is 0.158. The molecule has 1 aromatic heterocycles. The van der Waals surface area contributed by atoms with Gasteiger partial charge in [-0.2, -0.15) is 0 Å². The van der Waals surface area contributed by atoms with Crippen molar-refractivity contribution in [3.8, 4) is 0 Å². The topological polar surface area (TPSA) is 168 Å². The number of carbonyl (C=O) groups excluding carboxylic acids is 3. The summed E-state index contributed by atoms with van der Waals surface area (Å²) in [5.74, 6) is -1.03. The highest BCUT2D eigenvalue weighted by Gasteiger charge is 2.42. The molecule has 1 saturated heterocycles. The number of nitrogens with zero attached hydrogens (tertiary/aromatic N) is 2. The second-order valence-electron chi connectivity index (χ2n) is 10.9. The first-order valence-electron chi connectivity index (χ1n) is 15.0.